The third-order valence-electron chi connectivity index (χ3n) is 6.47. The van der Waals surface area contributed by atoms with Gasteiger partial charge in [0.05, 0.1) is 12.1 Å². The maximum atomic E-state index is 13.4. The van der Waals surface area contributed by atoms with Crippen molar-refractivity contribution < 1.29 is 14.7 Å². The number of hydrogen-bond acceptors (Lipinski definition) is 4. The number of nitrogens with one attached hydrogen (secondary N) is 1. The molecule has 2 aliphatic rings. The molecule has 158 valence electrons. The highest BCUT2D eigenvalue weighted by atomic mass is 16.3. The van der Waals surface area contributed by atoms with Gasteiger partial charge in [0.15, 0.2) is 0 Å². The van der Waals surface area contributed by atoms with E-state index in [0.717, 1.165) is 11.3 Å². The van der Waals surface area contributed by atoms with Crippen LogP contribution in [0, 0.1) is 11.8 Å². The minimum atomic E-state index is -0.771. The number of fused-ring (bicyclic) bond motifs is 3. The summed E-state index contributed by atoms with van der Waals surface area (Å²) in [6, 6.07) is 13.3. The van der Waals surface area contributed by atoms with Crippen molar-refractivity contribution in [3.8, 4) is 0 Å². The first kappa shape index (κ1) is 20.3. The summed E-state index contributed by atoms with van der Waals surface area (Å²) in [5.74, 6) is -1.04. The van der Waals surface area contributed by atoms with Gasteiger partial charge in [-0.15, -0.1) is 0 Å². The van der Waals surface area contributed by atoms with E-state index < -0.39 is 12.0 Å². The van der Waals surface area contributed by atoms with Crippen molar-refractivity contribution in [1.29, 1.82) is 0 Å². The lowest BCUT2D eigenvalue weighted by molar-refractivity contribution is -0.141. The second-order valence-electron chi connectivity index (χ2n) is 8.09. The highest BCUT2D eigenvalue weighted by Gasteiger charge is 2.56. The van der Waals surface area contributed by atoms with Gasteiger partial charge in [0.25, 0.3) is 5.56 Å². The van der Waals surface area contributed by atoms with Gasteiger partial charge in [-0.1, -0.05) is 43.3 Å². The largest absolute Gasteiger partial charge is 0.396 e. The Balaban J connectivity index is 1.69. The molecule has 30 heavy (non-hydrogen) atoms. The van der Waals surface area contributed by atoms with Crippen LogP contribution in [0.3, 0.4) is 0 Å². The number of aromatic nitrogens is 1. The Hall–Kier alpha value is -2.93. The molecule has 0 unspecified atom stereocenters. The van der Waals surface area contributed by atoms with E-state index >= 15 is 0 Å². The van der Waals surface area contributed by atoms with Crippen LogP contribution in [-0.4, -0.2) is 39.0 Å². The maximum Gasteiger partial charge on any atom is 0.250 e. The molecule has 5 atom stereocenters. The van der Waals surface area contributed by atoms with E-state index in [4.69, 9.17) is 0 Å². The quantitative estimate of drug-likeness (QED) is 0.785. The van der Waals surface area contributed by atoms with E-state index in [1.54, 1.807) is 22.5 Å². The van der Waals surface area contributed by atoms with Crippen molar-refractivity contribution in [2.45, 2.75) is 44.9 Å². The van der Waals surface area contributed by atoms with Crippen molar-refractivity contribution in [1.82, 2.24) is 14.8 Å². The number of carbonyl (C=O) groups excluding carboxylic acids is 2. The summed E-state index contributed by atoms with van der Waals surface area (Å²) in [7, 11) is 0. The fourth-order valence-electron chi connectivity index (χ4n) is 5.02. The highest BCUT2D eigenvalue weighted by molar-refractivity contribution is 5.89. The van der Waals surface area contributed by atoms with Crippen LogP contribution in [0.1, 0.15) is 43.6 Å². The molecule has 1 saturated heterocycles. The predicted molar refractivity (Wildman–Crippen MR) is 111 cm³/mol. The molecule has 2 amide bonds. The lowest BCUT2D eigenvalue weighted by Gasteiger charge is -2.31. The number of amides is 2. The van der Waals surface area contributed by atoms with Crippen LogP contribution in [0.25, 0.3) is 0 Å². The van der Waals surface area contributed by atoms with Gasteiger partial charge in [-0.25, -0.2) is 0 Å². The fraction of sp³-hybridized carbons (Fsp3) is 0.435. The summed E-state index contributed by atoms with van der Waals surface area (Å²) in [4.78, 5) is 40.2. The molecule has 1 aromatic carbocycles. The molecular weight excluding hydrogens is 382 g/mol. The van der Waals surface area contributed by atoms with Crippen molar-refractivity contribution in [3.05, 3.63) is 70.1 Å². The van der Waals surface area contributed by atoms with Crippen LogP contribution in [0.2, 0.25) is 0 Å². The Kier molecular flexibility index (Phi) is 5.47. The molecule has 2 aromatic rings. The molecule has 0 bridgehead atoms. The lowest BCUT2D eigenvalue weighted by Crippen LogP contribution is -2.50. The summed E-state index contributed by atoms with van der Waals surface area (Å²) in [5.41, 5.74) is 1.58. The van der Waals surface area contributed by atoms with Crippen LogP contribution in [-0.2, 0) is 16.1 Å². The van der Waals surface area contributed by atoms with Crippen molar-refractivity contribution in [2.75, 3.05) is 6.61 Å². The van der Waals surface area contributed by atoms with E-state index in [1.165, 1.54) is 6.07 Å². The van der Waals surface area contributed by atoms with E-state index in [-0.39, 0.29) is 48.4 Å². The van der Waals surface area contributed by atoms with Gasteiger partial charge < -0.3 is 19.9 Å². The average Bonchev–Trinajstić information content (AvgIpc) is 3.29. The summed E-state index contributed by atoms with van der Waals surface area (Å²) < 4.78 is 1.66. The van der Waals surface area contributed by atoms with Crippen LogP contribution < -0.4 is 10.9 Å². The number of aliphatic hydroxyl groups is 1. The van der Waals surface area contributed by atoms with Gasteiger partial charge in [-0.05, 0) is 18.6 Å². The number of likely N-dealkylation sites (tertiary alicyclic amines) is 1. The molecule has 0 saturated carbocycles. The van der Waals surface area contributed by atoms with Gasteiger partial charge in [0.2, 0.25) is 11.8 Å². The van der Waals surface area contributed by atoms with Crippen LogP contribution in [0.5, 0.6) is 0 Å². The van der Waals surface area contributed by atoms with Crippen molar-refractivity contribution >= 4 is 11.8 Å². The van der Waals surface area contributed by atoms with E-state index in [9.17, 15) is 19.5 Å². The Labute approximate surface area is 175 Å². The number of pyridine rings is 1. The van der Waals surface area contributed by atoms with Gasteiger partial charge in [0.1, 0.15) is 6.04 Å². The maximum absolute atomic E-state index is 13.4. The average molecular weight is 409 g/mol. The Morgan fingerprint density at radius 1 is 1.17 bits per heavy atom. The van der Waals surface area contributed by atoms with Gasteiger partial charge in [-0.2, -0.15) is 0 Å². The normalized spacial score (nSPS) is 25.5. The highest BCUT2D eigenvalue weighted by Crippen LogP contribution is 2.49. The molecular formula is C23H27N3O4. The molecule has 3 heterocycles. The molecule has 2 N–H and O–H groups in total. The minimum absolute atomic E-state index is 0.124. The third kappa shape index (κ3) is 3.23. The topological polar surface area (TPSA) is 91.6 Å². The first-order valence-electron chi connectivity index (χ1n) is 10.4. The number of carbonyl (C=O) groups is 2. The summed E-state index contributed by atoms with van der Waals surface area (Å²) in [5, 5.41) is 13.2. The number of nitrogens with zero attached hydrogens (tertiary/aromatic N) is 2. The molecule has 7 nitrogen and oxygen atoms in total. The van der Waals surface area contributed by atoms with E-state index in [0.29, 0.717) is 6.54 Å². The molecule has 0 aliphatic carbocycles. The SMILES string of the molecule is CCC(=O)N1[C@H](C(=O)N[C@@H](C)c2ccccc2)[C@@H](CO)[C@@H]2Cn3c(cccc3=O)[C@@H]21. The van der Waals surface area contributed by atoms with Crippen molar-refractivity contribution in [2.24, 2.45) is 11.8 Å². The first-order valence-corrected chi connectivity index (χ1v) is 10.4. The number of benzene rings is 1. The molecule has 0 radical (unpaired) electrons. The standard InChI is InChI=1S/C23H27N3O4/c1-3-19(28)26-21-16(12-25-18(21)10-7-11-20(25)29)17(13-27)22(26)23(30)24-14(2)15-8-5-4-6-9-15/h4-11,14,16-17,21-22,27H,3,12-13H2,1-2H3,(H,24,30)/t14-,16-,17-,21+,22-/m0/s1. The molecule has 2 aliphatic heterocycles. The monoisotopic (exact) mass is 409 g/mol. The zero-order valence-electron chi connectivity index (χ0n) is 17.2. The summed E-state index contributed by atoms with van der Waals surface area (Å²) >= 11 is 0. The fourth-order valence-corrected chi connectivity index (χ4v) is 5.02. The summed E-state index contributed by atoms with van der Waals surface area (Å²) in [6.45, 7) is 3.83. The van der Waals surface area contributed by atoms with Crippen molar-refractivity contribution in [3.63, 3.8) is 0 Å². The molecule has 1 aromatic heterocycles. The molecule has 7 heteroatoms. The molecule has 0 spiro atoms. The molecule has 1 fully saturated rings. The predicted octanol–water partition coefficient (Wildman–Crippen LogP) is 1.63. The van der Waals surface area contributed by atoms with Gasteiger partial charge in [0, 0.05) is 43.2 Å². The smallest absolute Gasteiger partial charge is 0.250 e. The molecule has 4 rings (SSSR count). The van der Waals surface area contributed by atoms with E-state index in [2.05, 4.69) is 5.32 Å². The second kappa shape index (κ2) is 8.07. The van der Waals surface area contributed by atoms with Crippen LogP contribution in [0.4, 0.5) is 0 Å². The lowest BCUT2D eigenvalue weighted by atomic mass is 9.88. The number of rotatable bonds is 5. The third-order valence-corrected chi connectivity index (χ3v) is 6.47. The van der Waals surface area contributed by atoms with E-state index in [1.807, 2.05) is 43.3 Å². The van der Waals surface area contributed by atoms with Gasteiger partial charge >= 0.3 is 0 Å². The van der Waals surface area contributed by atoms with Crippen LogP contribution in [0.15, 0.2) is 53.3 Å². The number of hydrogen-bond donors (Lipinski definition) is 2. The second-order valence-corrected chi connectivity index (χ2v) is 8.09. The van der Waals surface area contributed by atoms with Gasteiger partial charge in [-0.3, -0.25) is 14.4 Å². The number of aliphatic hydroxyl groups excluding tert-OH is 1. The minimum Gasteiger partial charge on any atom is -0.396 e. The summed E-state index contributed by atoms with van der Waals surface area (Å²) in [6.07, 6.45) is 0.246. The van der Waals surface area contributed by atoms with Crippen LogP contribution >= 0.6 is 0 Å². The zero-order valence-corrected chi connectivity index (χ0v) is 17.2. The Morgan fingerprint density at radius 3 is 2.57 bits per heavy atom. The Bertz CT molecular complexity index is 1000. The zero-order chi connectivity index (χ0) is 21.4. The first-order chi connectivity index (χ1) is 14.5. The Morgan fingerprint density at radius 2 is 1.90 bits per heavy atom.